The number of benzene rings is 2. The molecule has 0 aliphatic carbocycles. The molecule has 4 aromatic heterocycles. The molecule has 1 amide bonds. The van der Waals surface area contributed by atoms with Crippen LogP contribution in [0.4, 0.5) is 16.0 Å². The van der Waals surface area contributed by atoms with Crippen molar-refractivity contribution in [2.75, 3.05) is 37.5 Å². The van der Waals surface area contributed by atoms with E-state index in [0.29, 0.717) is 71.6 Å². The van der Waals surface area contributed by atoms with Crippen LogP contribution in [0.15, 0.2) is 61.1 Å². The highest BCUT2D eigenvalue weighted by molar-refractivity contribution is 6.34. The standard InChI is InChI=1S/C34H32ClFN10O2/c1-19-40-25-10-9-23(35)30-24-6-4-7-29(42-24)41-21-15-27(34(47)43(2)12-5-13-44(19)31(25)30)45(17-21)32-22-16-39-46(33(22)38-18-37-32)26-11-8-20(36)14-28(26)48-3/h4,6-11,14,16,18,21,27H,5,12-13,15,17H2,1-3H3,(H,41,42)/t21-,27-/m0/s1. The van der Waals surface area contributed by atoms with Crippen LogP contribution in [-0.2, 0) is 11.3 Å². The zero-order valence-electron chi connectivity index (χ0n) is 26.6. The van der Waals surface area contributed by atoms with E-state index < -0.39 is 11.9 Å². The molecule has 2 aromatic carbocycles. The number of pyridine rings is 1. The van der Waals surface area contributed by atoms with Gasteiger partial charge in [-0.25, -0.2) is 29.0 Å². The number of aryl methyl sites for hydroxylation is 2. The number of methoxy groups -OCH3 is 1. The van der Waals surface area contributed by atoms with Crippen molar-refractivity contribution in [3.8, 4) is 22.7 Å². The molecule has 0 radical (unpaired) electrons. The van der Waals surface area contributed by atoms with Gasteiger partial charge in [0.15, 0.2) is 5.65 Å². The molecule has 2 atom stereocenters. The third-order valence-electron chi connectivity index (χ3n) is 9.23. The Morgan fingerprint density at radius 2 is 1.96 bits per heavy atom. The molecule has 0 saturated carbocycles. The lowest BCUT2D eigenvalue weighted by atomic mass is 10.1. The summed E-state index contributed by atoms with van der Waals surface area (Å²) in [7, 11) is 3.33. The number of rotatable bonds is 3. The minimum atomic E-state index is -0.504. The van der Waals surface area contributed by atoms with E-state index in [1.807, 2.05) is 49.2 Å². The van der Waals surface area contributed by atoms with Crippen molar-refractivity contribution in [2.45, 2.75) is 38.4 Å². The molecule has 14 heteroatoms. The summed E-state index contributed by atoms with van der Waals surface area (Å²) < 4.78 is 23.2. The van der Waals surface area contributed by atoms with E-state index in [0.717, 1.165) is 28.1 Å². The number of nitrogens with zero attached hydrogens (tertiary/aromatic N) is 9. The molecule has 0 spiro atoms. The highest BCUT2D eigenvalue weighted by Crippen LogP contribution is 2.37. The summed E-state index contributed by atoms with van der Waals surface area (Å²) in [5.41, 5.74) is 4.41. The summed E-state index contributed by atoms with van der Waals surface area (Å²) in [5.74, 6) is 2.02. The van der Waals surface area contributed by atoms with Gasteiger partial charge >= 0.3 is 0 Å². The van der Waals surface area contributed by atoms with Crippen LogP contribution in [0.25, 0.3) is 39.0 Å². The maximum Gasteiger partial charge on any atom is 0.245 e. The highest BCUT2D eigenvalue weighted by atomic mass is 35.5. The summed E-state index contributed by atoms with van der Waals surface area (Å²) in [6.45, 7) is 3.67. The predicted octanol–water partition coefficient (Wildman–Crippen LogP) is 5.26. The van der Waals surface area contributed by atoms with Crippen molar-refractivity contribution >= 4 is 51.2 Å². The average Bonchev–Trinajstić information content (AvgIpc) is 3.79. The normalized spacial score (nSPS) is 18.2. The average molecular weight is 667 g/mol. The van der Waals surface area contributed by atoms with Gasteiger partial charge in [0.1, 0.15) is 47.1 Å². The second-order valence-electron chi connectivity index (χ2n) is 12.2. The van der Waals surface area contributed by atoms with Gasteiger partial charge in [0.2, 0.25) is 5.91 Å². The maximum atomic E-state index is 14.2. The van der Waals surface area contributed by atoms with Crippen molar-refractivity contribution < 1.29 is 13.9 Å². The first-order valence-electron chi connectivity index (χ1n) is 15.7. The van der Waals surface area contributed by atoms with E-state index in [1.165, 1.54) is 25.6 Å². The Morgan fingerprint density at radius 3 is 2.81 bits per heavy atom. The third kappa shape index (κ3) is 4.96. The van der Waals surface area contributed by atoms with Crippen molar-refractivity contribution in [3.63, 3.8) is 0 Å². The molecule has 1 fully saturated rings. The molecule has 244 valence electrons. The number of amides is 1. The zero-order chi connectivity index (χ0) is 33.1. The monoisotopic (exact) mass is 666 g/mol. The molecule has 0 unspecified atom stereocenters. The van der Waals surface area contributed by atoms with Gasteiger partial charge in [-0.05, 0) is 56.2 Å². The molecule has 8 rings (SSSR count). The fourth-order valence-corrected chi connectivity index (χ4v) is 7.25. The number of carbonyl (C=O) groups is 1. The number of imidazole rings is 1. The largest absolute Gasteiger partial charge is 0.494 e. The molecule has 1 saturated heterocycles. The minimum Gasteiger partial charge on any atom is -0.494 e. The van der Waals surface area contributed by atoms with Crippen LogP contribution in [0.3, 0.4) is 0 Å². The first-order valence-corrected chi connectivity index (χ1v) is 16.1. The Bertz CT molecular complexity index is 2220. The van der Waals surface area contributed by atoms with Gasteiger partial charge in [-0.3, -0.25) is 4.79 Å². The second kappa shape index (κ2) is 11.7. The number of ether oxygens (including phenoxy) is 1. The third-order valence-corrected chi connectivity index (χ3v) is 9.55. The van der Waals surface area contributed by atoms with Gasteiger partial charge in [-0.1, -0.05) is 17.7 Å². The number of hydrogen-bond donors (Lipinski definition) is 1. The van der Waals surface area contributed by atoms with E-state index in [4.69, 9.17) is 26.3 Å². The topological polar surface area (TPSA) is 119 Å². The molecular weight excluding hydrogens is 635 g/mol. The van der Waals surface area contributed by atoms with Crippen molar-refractivity contribution in [2.24, 2.45) is 0 Å². The molecule has 12 nitrogen and oxygen atoms in total. The molecule has 2 aliphatic rings. The van der Waals surface area contributed by atoms with E-state index in [2.05, 4.69) is 25.0 Å². The summed E-state index contributed by atoms with van der Waals surface area (Å²) in [6, 6.07) is 13.3. The predicted molar refractivity (Wildman–Crippen MR) is 181 cm³/mol. The van der Waals surface area contributed by atoms with E-state index in [9.17, 15) is 9.18 Å². The quantitative estimate of drug-likeness (QED) is 0.270. The van der Waals surface area contributed by atoms with E-state index >= 15 is 0 Å². The number of nitrogens with one attached hydrogen (secondary N) is 1. The first kappa shape index (κ1) is 30.1. The van der Waals surface area contributed by atoms with Gasteiger partial charge < -0.3 is 24.4 Å². The van der Waals surface area contributed by atoms with Crippen LogP contribution in [0.1, 0.15) is 18.7 Å². The van der Waals surface area contributed by atoms with Crippen molar-refractivity contribution in [3.05, 3.63) is 77.7 Å². The second-order valence-corrected chi connectivity index (χ2v) is 12.6. The van der Waals surface area contributed by atoms with Gasteiger partial charge in [0.25, 0.3) is 0 Å². The Labute approximate surface area is 280 Å². The fraction of sp³-hybridized carbons (Fsp3) is 0.294. The number of anilines is 2. The van der Waals surface area contributed by atoms with E-state index in [1.54, 1.807) is 21.8 Å². The van der Waals surface area contributed by atoms with Crippen molar-refractivity contribution in [1.82, 2.24) is 39.2 Å². The van der Waals surface area contributed by atoms with Gasteiger partial charge in [-0.2, -0.15) is 5.10 Å². The molecule has 6 heterocycles. The summed E-state index contributed by atoms with van der Waals surface area (Å²) in [6.07, 6.45) is 4.38. The Balaban J connectivity index is 1.20. The van der Waals surface area contributed by atoms with Crippen LogP contribution >= 0.6 is 11.6 Å². The van der Waals surface area contributed by atoms with Gasteiger partial charge in [0, 0.05) is 44.4 Å². The van der Waals surface area contributed by atoms with Crippen LogP contribution in [0, 0.1) is 12.7 Å². The first-order chi connectivity index (χ1) is 23.3. The minimum absolute atomic E-state index is 0.00816. The van der Waals surface area contributed by atoms with Gasteiger partial charge in [-0.15, -0.1) is 0 Å². The number of fused-ring (bicyclic) bond motifs is 6. The Hall–Kier alpha value is -5.30. The molecule has 1 N–H and O–H groups in total. The molecule has 2 aliphatic heterocycles. The number of halogens is 2. The smallest absolute Gasteiger partial charge is 0.245 e. The molecule has 48 heavy (non-hydrogen) atoms. The lowest BCUT2D eigenvalue weighted by Crippen LogP contribution is -2.45. The molecular formula is C34H32ClFN10O2. The lowest BCUT2D eigenvalue weighted by Gasteiger charge is -2.29. The number of aromatic nitrogens is 7. The van der Waals surface area contributed by atoms with Crippen LogP contribution in [-0.4, -0.2) is 84.4 Å². The summed E-state index contributed by atoms with van der Waals surface area (Å²) >= 11 is 6.85. The Morgan fingerprint density at radius 1 is 1.08 bits per heavy atom. The molecule has 6 aromatic rings. The van der Waals surface area contributed by atoms with Crippen LogP contribution in [0.2, 0.25) is 5.02 Å². The van der Waals surface area contributed by atoms with E-state index in [-0.39, 0.29) is 11.9 Å². The maximum absolute atomic E-state index is 14.2. The highest BCUT2D eigenvalue weighted by Gasteiger charge is 2.40. The SMILES string of the molecule is COc1cc(F)ccc1-n1ncc2c(N3C[C@@H]4C[C@H]3C(=O)N(C)CCCn3c(C)nc5ccc(Cl)c(c53)-c3cccc(n3)N4)ncnc21. The molecule has 4 bridgehead atoms. The zero-order valence-corrected chi connectivity index (χ0v) is 27.3. The number of likely N-dealkylation sites (N-methyl/N-ethyl adjacent to an activating group) is 1. The fourth-order valence-electron chi connectivity index (χ4n) is 7.00. The van der Waals surface area contributed by atoms with Crippen LogP contribution in [0.5, 0.6) is 5.75 Å². The van der Waals surface area contributed by atoms with Crippen molar-refractivity contribution in [1.29, 1.82) is 0 Å². The van der Waals surface area contributed by atoms with Gasteiger partial charge in [0.05, 0.1) is 40.4 Å². The summed E-state index contributed by atoms with van der Waals surface area (Å²) in [4.78, 5) is 37.1. The lowest BCUT2D eigenvalue weighted by molar-refractivity contribution is -0.131. The summed E-state index contributed by atoms with van der Waals surface area (Å²) in [5, 5.41) is 9.43. The number of hydrogen-bond acceptors (Lipinski definition) is 9. The Kier molecular flexibility index (Phi) is 7.35. The number of carbonyl (C=O) groups excluding carboxylic acids is 1. The van der Waals surface area contributed by atoms with Crippen LogP contribution < -0.4 is 15.0 Å².